The number of hydrogen-bond acceptors (Lipinski definition) is 9. The number of anilines is 2. The molecule has 2 aromatic heterocycles. The van der Waals surface area contributed by atoms with E-state index in [9.17, 15) is 4.39 Å². The van der Waals surface area contributed by atoms with E-state index in [4.69, 9.17) is 30.3 Å². The van der Waals surface area contributed by atoms with Gasteiger partial charge in [-0.2, -0.15) is 4.98 Å². The second-order valence-electron chi connectivity index (χ2n) is 9.83. The zero-order valence-corrected chi connectivity index (χ0v) is 22.1. The summed E-state index contributed by atoms with van der Waals surface area (Å²) in [7, 11) is 1.63. The number of ether oxygens (including phenoxy) is 2. The lowest BCUT2D eigenvalue weighted by Gasteiger charge is -2.36. The van der Waals surface area contributed by atoms with Gasteiger partial charge in [-0.1, -0.05) is 18.2 Å². The average molecular weight is 533 g/mol. The van der Waals surface area contributed by atoms with Crippen molar-refractivity contribution in [3.8, 4) is 22.7 Å². The monoisotopic (exact) mass is 532 g/mol. The van der Waals surface area contributed by atoms with E-state index in [-0.39, 0.29) is 5.82 Å². The molecule has 0 spiro atoms. The van der Waals surface area contributed by atoms with E-state index >= 15 is 0 Å². The van der Waals surface area contributed by atoms with Gasteiger partial charge in [0.05, 0.1) is 37.1 Å². The molecule has 204 valence electrons. The lowest BCUT2D eigenvalue weighted by molar-refractivity contribution is 0.0331. The number of nitrogens with two attached hydrogens (primary N) is 1. The molecule has 11 heteroatoms. The lowest BCUT2D eigenvalue weighted by atomic mass is 10.1. The summed E-state index contributed by atoms with van der Waals surface area (Å²) in [5, 5.41) is 5.31. The molecule has 0 unspecified atom stereocenters. The van der Waals surface area contributed by atoms with Gasteiger partial charge in [0.1, 0.15) is 17.4 Å². The first-order valence-corrected chi connectivity index (χ1v) is 13.3. The van der Waals surface area contributed by atoms with Crippen LogP contribution in [0, 0.1) is 5.82 Å². The van der Waals surface area contributed by atoms with Crippen LogP contribution in [0.4, 0.5) is 16.2 Å². The van der Waals surface area contributed by atoms with Crippen LogP contribution in [-0.4, -0.2) is 102 Å². The Morgan fingerprint density at radius 1 is 0.923 bits per heavy atom. The standard InChI is InChI=1S/C28H33FN8O2/c1-38-23-8-3-2-7-22(23)25-24-26(30)37(21-6-4-5-20(29)19-21)33-27(24)32-28(31-25)36-13-11-34(12-14-36)9-10-35-15-17-39-18-16-35/h2-8,19H,9-18,30H2,1H3. The fourth-order valence-electron chi connectivity index (χ4n) is 5.26. The summed E-state index contributed by atoms with van der Waals surface area (Å²) in [5.74, 6) is 1.25. The van der Waals surface area contributed by atoms with Crippen molar-refractivity contribution in [1.29, 1.82) is 0 Å². The molecule has 10 nitrogen and oxygen atoms in total. The molecular formula is C28H33FN8O2. The van der Waals surface area contributed by atoms with E-state index in [1.165, 1.54) is 16.8 Å². The van der Waals surface area contributed by atoms with E-state index in [0.717, 1.165) is 71.1 Å². The minimum atomic E-state index is -0.366. The maximum Gasteiger partial charge on any atom is 0.228 e. The minimum absolute atomic E-state index is 0.344. The van der Waals surface area contributed by atoms with Crippen LogP contribution in [0.1, 0.15) is 0 Å². The maximum absolute atomic E-state index is 14.0. The Bertz CT molecular complexity index is 1450. The Morgan fingerprint density at radius 3 is 2.41 bits per heavy atom. The Labute approximate surface area is 226 Å². The second kappa shape index (κ2) is 11.1. The maximum atomic E-state index is 14.0. The van der Waals surface area contributed by atoms with Gasteiger partial charge in [-0.25, -0.2) is 14.1 Å². The average Bonchev–Trinajstić information content (AvgIpc) is 3.32. The third-order valence-corrected chi connectivity index (χ3v) is 7.46. The zero-order valence-electron chi connectivity index (χ0n) is 22.1. The Morgan fingerprint density at radius 2 is 1.67 bits per heavy atom. The number of halogens is 1. The summed E-state index contributed by atoms with van der Waals surface area (Å²) in [6.45, 7) is 9.21. The smallest absolute Gasteiger partial charge is 0.228 e. The predicted molar refractivity (Wildman–Crippen MR) is 149 cm³/mol. The van der Waals surface area contributed by atoms with Gasteiger partial charge in [0, 0.05) is 57.9 Å². The molecule has 2 aliphatic rings. The Balaban J connectivity index is 1.32. The molecule has 0 radical (unpaired) electrons. The van der Waals surface area contributed by atoms with Crippen LogP contribution in [0.2, 0.25) is 0 Å². The largest absolute Gasteiger partial charge is 0.496 e. The van der Waals surface area contributed by atoms with Crippen molar-refractivity contribution in [3.05, 3.63) is 54.3 Å². The summed E-state index contributed by atoms with van der Waals surface area (Å²) in [6.07, 6.45) is 0. The molecule has 2 N–H and O–H groups in total. The first-order valence-electron chi connectivity index (χ1n) is 13.3. The Hall–Kier alpha value is -3.80. The number of benzene rings is 2. The van der Waals surface area contributed by atoms with Crippen LogP contribution in [0.15, 0.2) is 48.5 Å². The molecule has 0 amide bonds. The number of piperazine rings is 1. The van der Waals surface area contributed by atoms with Crippen molar-refractivity contribution in [1.82, 2.24) is 29.5 Å². The van der Waals surface area contributed by atoms with Gasteiger partial charge in [-0.3, -0.25) is 9.80 Å². The highest BCUT2D eigenvalue weighted by molar-refractivity contribution is 6.00. The van der Waals surface area contributed by atoms with Gasteiger partial charge < -0.3 is 20.1 Å². The fraction of sp³-hybridized carbons (Fsp3) is 0.393. The highest BCUT2D eigenvalue weighted by Crippen LogP contribution is 2.37. The molecule has 2 aliphatic heterocycles. The summed E-state index contributed by atoms with van der Waals surface area (Å²) < 4.78 is 26.7. The molecule has 0 bridgehead atoms. The topological polar surface area (TPSA) is 97.8 Å². The van der Waals surface area contributed by atoms with E-state index in [1.54, 1.807) is 19.2 Å². The molecule has 2 aromatic carbocycles. The molecule has 4 aromatic rings. The van der Waals surface area contributed by atoms with Gasteiger partial charge in [-0.15, -0.1) is 5.10 Å². The molecule has 4 heterocycles. The van der Waals surface area contributed by atoms with E-state index < -0.39 is 0 Å². The first kappa shape index (κ1) is 25.5. The van der Waals surface area contributed by atoms with Crippen LogP contribution in [0.25, 0.3) is 28.0 Å². The molecular weight excluding hydrogens is 499 g/mol. The number of methoxy groups -OCH3 is 1. The van der Waals surface area contributed by atoms with Crippen molar-refractivity contribution in [2.45, 2.75) is 0 Å². The van der Waals surface area contributed by atoms with Crippen LogP contribution in [-0.2, 0) is 4.74 Å². The highest BCUT2D eigenvalue weighted by atomic mass is 19.1. The fourth-order valence-corrected chi connectivity index (χ4v) is 5.26. The number of nitrogens with zero attached hydrogens (tertiary/aromatic N) is 7. The van der Waals surface area contributed by atoms with Crippen molar-refractivity contribution >= 4 is 22.8 Å². The van der Waals surface area contributed by atoms with Crippen LogP contribution >= 0.6 is 0 Å². The molecule has 2 saturated heterocycles. The minimum Gasteiger partial charge on any atom is -0.496 e. The number of aromatic nitrogens is 4. The Kier molecular flexibility index (Phi) is 7.27. The second-order valence-corrected chi connectivity index (χ2v) is 9.83. The van der Waals surface area contributed by atoms with Gasteiger partial charge in [0.2, 0.25) is 5.95 Å². The molecule has 0 atom stereocenters. The van der Waals surface area contributed by atoms with Crippen molar-refractivity contribution in [3.63, 3.8) is 0 Å². The first-order chi connectivity index (χ1) is 19.1. The normalized spacial score (nSPS) is 17.1. The number of fused-ring (bicyclic) bond motifs is 1. The van der Waals surface area contributed by atoms with E-state index in [2.05, 4.69) is 14.7 Å². The summed E-state index contributed by atoms with van der Waals surface area (Å²) in [6, 6.07) is 13.9. The van der Waals surface area contributed by atoms with Crippen molar-refractivity contribution in [2.24, 2.45) is 0 Å². The van der Waals surface area contributed by atoms with E-state index in [0.29, 0.717) is 39.9 Å². The summed E-state index contributed by atoms with van der Waals surface area (Å²) in [4.78, 5) is 17.0. The molecule has 0 aliphatic carbocycles. The van der Waals surface area contributed by atoms with E-state index in [1.807, 2.05) is 24.3 Å². The lowest BCUT2D eigenvalue weighted by Crippen LogP contribution is -2.49. The summed E-state index contributed by atoms with van der Waals surface area (Å²) >= 11 is 0. The van der Waals surface area contributed by atoms with Crippen LogP contribution < -0.4 is 15.4 Å². The molecule has 0 saturated carbocycles. The van der Waals surface area contributed by atoms with Gasteiger partial charge in [-0.05, 0) is 30.3 Å². The molecule has 39 heavy (non-hydrogen) atoms. The third kappa shape index (κ3) is 5.25. The predicted octanol–water partition coefficient (Wildman–Crippen LogP) is 2.67. The van der Waals surface area contributed by atoms with Gasteiger partial charge in [0.25, 0.3) is 0 Å². The number of nitrogen functional groups attached to an aromatic ring is 1. The number of rotatable bonds is 7. The number of para-hydroxylation sites is 1. The van der Waals surface area contributed by atoms with Crippen molar-refractivity contribution < 1.29 is 13.9 Å². The van der Waals surface area contributed by atoms with Gasteiger partial charge >= 0.3 is 0 Å². The SMILES string of the molecule is COc1ccccc1-c1nc(N2CCN(CCN3CCOCC3)CC2)nc2nn(-c3cccc(F)c3)c(N)c12. The third-order valence-electron chi connectivity index (χ3n) is 7.46. The molecule has 6 rings (SSSR count). The van der Waals surface area contributed by atoms with Crippen LogP contribution in [0.3, 0.4) is 0 Å². The summed E-state index contributed by atoms with van der Waals surface area (Å²) in [5.41, 5.74) is 9.03. The highest BCUT2D eigenvalue weighted by Gasteiger charge is 2.25. The molecule has 2 fully saturated rings. The van der Waals surface area contributed by atoms with Crippen molar-refractivity contribution in [2.75, 3.05) is 83.3 Å². The van der Waals surface area contributed by atoms with Crippen LogP contribution in [0.5, 0.6) is 5.75 Å². The van der Waals surface area contributed by atoms with Gasteiger partial charge in [0.15, 0.2) is 5.65 Å². The number of hydrogen-bond donors (Lipinski definition) is 1. The zero-order chi connectivity index (χ0) is 26.8. The quantitative estimate of drug-likeness (QED) is 0.385. The number of morpholine rings is 1.